The van der Waals surface area contributed by atoms with Gasteiger partial charge in [0.15, 0.2) is 5.17 Å². The van der Waals surface area contributed by atoms with Crippen LogP contribution >= 0.6 is 11.8 Å². The fraction of sp³-hybridized carbons (Fsp3) is 0.111. The fourth-order valence-corrected chi connectivity index (χ4v) is 3.28. The number of hydrogen-bond donors (Lipinski definition) is 3. The molecule has 1 aliphatic heterocycles. The zero-order valence-corrected chi connectivity index (χ0v) is 14.3. The summed E-state index contributed by atoms with van der Waals surface area (Å²) in [6.45, 7) is 0. The molecule has 132 valence electrons. The average Bonchev–Trinajstić information content (AvgIpc) is 2.62. The van der Waals surface area contributed by atoms with Gasteiger partial charge < -0.3 is 15.7 Å². The van der Waals surface area contributed by atoms with Gasteiger partial charge in [-0.05, 0) is 36.4 Å². The maximum atomic E-state index is 12.4. The predicted molar refractivity (Wildman–Crippen MR) is 99.7 cm³/mol. The second-order valence-corrected chi connectivity index (χ2v) is 6.67. The molecule has 0 saturated carbocycles. The number of nitrogens with zero attached hydrogens (tertiary/aromatic N) is 1. The molecular formula is C18H15N3O4S. The molecule has 3 rings (SSSR count). The van der Waals surface area contributed by atoms with Crippen LogP contribution < -0.4 is 10.6 Å². The Kier molecular flexibility index (Phi) is 5.33. The molecule has 1 fully saturated rings. The van der Waals surface area contributed by atoms with E-state index >= 15 is 0 Å². The van der Waals surface area contributed by atoms with Gasteiger partial charge in [-0.25, -0.2) is 9.79 Å². The number of carbonyl (C=O) groups excluding carboxylic acids is 2. The van der Waals surface area contributed by atoms with Gasteiger partial charge >= 0.3 is 5.97 Å². The van der Waals surface area contributed by atoms with Crippen molar-refractivity contribution in [2.75, 3.05) is 5.32 Å². The van der Waals surface area contributed by atoms with E-state index in [-0.39, 0.29) is 23.8 Å². The van der Waals surface area contributed by atoms with Crippen molar-refractivity contribution in [3.63, 3.8) is 0 Å². The van der Waals surface area contributed by atoms with E-state index in [0.717, 1.165) is 0 Å². The van der Waals surface area contributed by atoms with Crippen molar-refractivity contribution in [1.29, 1.82) is 0 Å². The minimum absolute atomic E-state index is 0.0392. The number of carboxylic acid groups (broad SMARTS) is 1. The summed E-state index contributed by atoms with van der Waals surface area (Å²) in [7, 11) is 0. The Labute approximate surface area is 153 Å². The summed E-state index contributed by atoms with van der Waals surface area (Å²) >= 11 is 1.18. The van der Waals surface area contributed by atoms with Crippen LogP contribution in [0.5, 0.6) is 0 Å². The Balaban J connectivity index is 1.69. The Morgan fingerprint density at radius 2 is 1.81 bits per heavy atom. The molecule has 8 heteroatoms. The van der Waals surface area contributed by atoms with E-state index in [2.05, 4.69) is 15.6 Å². The summed E-state index contributed by atoms with van der Waals surface area (Å²) < 4.78 is 0. The molecule has 2 aromatic carbocycles. The van der Waals surface area contributed by atoms with Gasteiger partial charge in [0.25, 0.3) is 0 Å². The van der Waals surface area contributed by atoms with Gasteiger partial charge in [0.05, 0.1) is 11.3 Å². The first-order chi connectivity index (χ1) is 12.5. The standard InChI is InChI=1S/C18H15N3O4S/c22-15-10-14(26-18(21-15)20-12-4-2-1-3-5-12)16(23)19-13-8-6-11(7-9-13)17(24)25/h1-9,14H,10H2,(H,19,23)(H,24,25)(H,20,21,22)/t14-/m0/s1. The first kappa shape index (κ1) is 17.7. The molecule has 0 unspecified atom stereocenters. The second-order valence-electron chi connectivity index (χ2n) is 5.48. The molecule has 2 amide bonds. The molecule has 0 spiro atoms. The zero-order valence-electron chi connectivity index (χ0n) is 13.5. The van der Waals surface area contributed by atoms with Crippen LogP contribution in [0.25, 0.3) is 0 Å². The second kappa shape index (κ2) is 7.83. The number of thioether (sulfide) groups is 1. The molecule has 7 nitrogen and oxygen atoms in total. The molecular weight excluding hydrogens is 354 g/mol. The van der Waals surface area contributed by atoms with E-state index in [9.17, 15) is 14.4 Å². The highest BCUT2D eigenvalue weighted by atomic mass is 32.2. The van der Waals surface area contributed by atoms with Crippen LogP contribution in [0, 0.1) is 0 Å². The zero-order chi connectivity index (χ0) is 18.5. The fourth-order valence-electron chi connectivity index (χ4n) is 2.28. The SMILES string of the molecule is O=C1C[C@@H](C(=O)Nc2ccc(C(=O)O)cc2)SC(=Nc2ccccc2)N1. The molecule has 1 aliphatic rings. The molecule has 0 radical (unpaired) electrons. The molecule has 2 aromatic rings. The third-order valence-corrected chi connectivity index (χ3v) is 4.63. The van der Waals surface area contributed by atoms with E-state index in [0.29, 0.717) is 16.5 Å². The first-order valence-corrected chi connectivity index (χ1v) is 8.64. The molecule has 1 heterocycles. The Morgan fingerprint density at radius 3 is 2.46 bits per heavy atom. The van der Waals surface area contributed by atoms with Crippen LogP contribution in [-0.4, -0.2) is 33.3 Å². The van der Waals surface area contributed by atoms with Crippen LogP contribution in [0.15, 0.2) is 59.6 Å². The number of anilines is 1. The van der Waals surface area contributed by atoms with Crippen molar-refractivity contribution in [2.24, 2.45) is 4.99 Å². The van der Waals surface area contributed by atoms with Gasteiger partial charge in [-0.2, -0.15) is 0 Å². The van der Waals surface area contributed by atoms with Crippen molar-refractivity contribution in [3.8, 4) is 0 Å². The topological polar surface area (TPSA) is 108 Å². The van der Waals surface area contributed by atoms with Crippen molar-refractivity contribution in [2.45, 2.75) is 11.7 Å². The highest BCUT2D eigenvalue weighted by Gasteiger charge is 2.30. The maximum absolute atomic E-state index is 12.4. The van der Waals surface area contributed by atoms with Crippen LogP contribution in [0.3, 0.4) is 0 Å². The van der Waals surface area contributed by atoms with Crippen LogP contribution in [0.4, 0.5) is 11.4 Å². The van der Waals surface area contributed by atoms with Gasteiger partial charge in [0.2, 0.25) is 11.8 Å². The predicted octanol–water partition coefficient (Wildman–Crippen LogP) is 2.63. The lowest BCUT2D eigenvalue weighted by Crippen LogP contribution is -2.41. The molecule has 0 aliphatic carbocycles. The van der Waals surface area contributed by atoms with Crippen LogP contribution in [0.1, 0.15) is 16.8 Å². The highest BCUT2D eigenvalue weighted by molar-refractivity contribution is 8.15. The number of carbonyl (C=O) groups is 3. The molecule has 1 saturated heterocycles. The number of hydrogen-bond acceptors (Lipinski definition) is 5. The molecule has 0 aromatic heterocycles. The number of amidine groups is 1. The summed E-state index contributed by atoms with van der Waals surface area (Å²) in [5.41, 5.74) is 1.28. The van der Waals surface area contributed by atoms with Gasteiger partial charge in [0, 0.05) is 12.1 Å². The smallest absolute Gasteiger partial charge is 0.335 e. The molecule has 1 atom stereocenters. The normalized spacial score (nSPS) is 18.2. The lowest BCUT2D eigenvalue weighted by atomic mass is 10.2. The van der Waals surface area contributed by atoms with E-state index in [1.807, 2.05) is 18.2 Å². The number of para-hydroxylation sites is 1. The quantitative estimate of drug-likeness (QED) is 0.768. The van der Waals surface area contributed by atoms with Crippen LogP contribution in [-0.2, 0) is 9.59 Å². The molecule has 3 N–H and O–H groups in total. The molecule has 0 bridgehead atoms. The summed E-state index contributed by atoms with van der Waals surface area (Å²) in [5, 5.41) is 14.0. The van der Waals surface area contributed by atoms with Gasteiger partial charge in [-0.15, -0.1) is 0 Å². The van der Waals surface area contributed by atoms with E-state index < -0.39 is 11.2 Å². The molecule has 26 heavy (non-hydrogen) atoms. The number of aromatic carboxylic acids is 1. The Morgan fingerprint density at radius 1 is 1.12 bits per heavy atom. The number of amides is 2. The van der Waals surface area contributed by atoms with Crippen molar-refractivity contribution in [3.05, 3.63) is 60.2 Å². The number of nitrogens with one attached hydrogen (secondary N) is 2. The monoisotopic (exact) mass is 369 g/mol. The number of benzene rings is 2. The minimum Gasteiger partial charge on any atom is -0.478 e. The third-order valence-electron chi connectivity index (χ3n) is 3.55. The summed E-state index contributed by atoms with van der Waals surface area (Å²) in [6.07, 6.45) is 0.0392. The van der Waals surface area contributed by atoms with E-state index in [1.54, 1.807) is 12.1 Å². The number of rotatable bonds is 4. The van der Waals surface area contributed by atoms with Gasteiger partial charge in [0.1, 0.15) is 5.25 Å². The number of aliphatic imine (C=N–C) groups is 1. The van der Waals surface area contributed by atoms with Crippen molar-refractivity contribution >= 4 is 46.1 Å². The summed E-state index contributed by atoms with van der Waals surface area (Å²) in [4.78, 5) is 39.5. The van der Waals surface area contributed by atoms with Crippen molar-refractivity contribution < 1.29 is 19.5 Å². The van der Waals surface area contributed by atoms with E-state index in [4.69, 9.17) is 5.11 Å². The van der Waals surface area contributed by atoms with Gasteiger partial charge in [-0.1, -0.05) is 30.0 Å². The summed E-state index contributed by atoms with van der Waals surface area (Å²) in [6, 6.07) is 15.0. The van der Waals surface area contributed by atoms with E-state index in [1.165, 1.54) is 36.0 Å². The lowest BCUT2D eigenvalue weighted by Gasteiger charge is -2.22. The Hall–Kier alpha value is -3.13. The highest BCUT2D eigenvalue weighted by Crippen LogP contribution is 2.24. The minimum atomic E-state index is -1.04. The Bertz CT molecular complexity index is 866. The number of carboxylic acids is 1. The first-order valence-electron chi connectivity index (χ1n) is 7.76. The third kappa shape index (κ3) is 4.48. The largest absolute Gasteiger partial charge is 0.478 e. The van der Waals surface area contributed by atoms with Crippen molar-refractivity contribution in [1.82, 2.24) is 5.32 Å². The average molecular weight is 369 g/mol. The van der Waals surface area contributed by atoms with Gasteiger partial charge in [-0.3, -0.25) is 9.59 Å². The lowest BCUT2D eigenvalue weighted by molar-refractivity contribution is -0.123. The summed E-state index contributed by atoms with van der Waals surface area (Å²) in [5.74, 6) is -1.65. The maximum Gasteiger partial charge on any atom is 0.335 e. The van der Waals surface area contributed by atoms with Crippen LogP contribution in [0.2, 0.25) is 0 Å².